The predicted molar refractivity (Wildman–Crippen MR) is 84.0 cm³/mol. The van der Waals surface area contributed by atoms with Crippen molar-refractivity contribution in [3.8, 4) is 0 Å². The number of nitrogens with one attached hydrogen (secondary N) is 1. The molecule has 2 rings (SSSR count). The molecule has 0 aliphatic heterocycles. The number of pyridine rings is 1. The Morgan fingerprint density at radius 1 is 1.35 bits per heavy atom. The zero-order valence-corrected chi connectivity index (χ0v) is 13.2. The SMILES string of the molecule is CCCc1cc(C(=O)N[C@@H](Cc2ccncc2)C(=O)O)n(C)n1. The minimum atomic E-state index is -1.08. The fourth-order valence-corrected chi connectivity index (χ4v) is 2.30. The van der Waals surface area contributed by atoms with Gasteiger partial charge in [-0.3, -0.25) is 14.5 Å². The van der Waals surface area contributed by atoms with Crippen LogP contribution in [0, 0.1) is 0 Å². The summed E-state index contributed by atoms with van der Waals surface area (Å²) in [5.41, 5.74) is 1.97. The zero-order chi connectivity index (χ0) is 16.8. The van der Waals surface area contributed by atoms with Gasteiger partial charge in [0.15, 0.2) is 0 Å². The summed E-state index contributed by atoms with van der Waals surface area (Å²) in [6.45, 7) is 2.03. The molecule has 0 bridgehead atoms. The van der Waals surface area contributed by atoms with Crippen LogP contribution in [0.25, 0.3) is 0 Å². The number of amides is 1. The highest BCUT2D eigenvalue weighted by Crippen LogP contribution is 2.08. The Kier molecular flexibility index (Phi) is 5.46. The fourth-order valence-electron chi connectivity index (χ4n) is 2.30. The van der Waals surface area contributed by atoms with Gasteiger partial charge in [0.1, 0.15) is 11.7 Å². The van der Waals surface area contributed by atoms with Gasteiger partial charge in [-0.15, -0.1) is 0 Å². The molecule has 2 aromatic rings. The zero-order valence-electron chi connectivity index (χ0n) is 13.2. The molecule has 23 heavy (non-hydrogen) atoms. The van der Waals surface area contributed by atoms with E-state index in [-0.39, 0.29) is 6.42 Å². The first-order chi connectivity index (χ1) is 11.0. The highest BCUT2D eigenvalue weighted by molar-refractivity contribution is 5.95. The van der Waals surface area contributed by atoms with E-state index in [0.29, 0.717) is 5.69 Å². The molecule has 1 atom stereocenters. The van der Waals surface area contributed by atoms with Gasteiger partial charge in [0, 0.05) is 25.9 Å². The maximum atomic E-state index is 12.3. The van der Waals surface area contributed by atoms with Gasteiger partial charge >= 0.3 is 5.97 Å². The number of rotatable bonds is 7. The number of carboxylic acid groups (broad SMARTS) is 1. The minimum absolute atomic E-state index is 0.198. The predicted octanol–water partition coefficient (Wildman–Crippen LogP) is 1.19. The molecule has 0 saturated heterocycles. The lowest BCUT2D eigenvalue weighted by Crippen LogP contribution is -2.42. The lowest BCUT2D eigenvalue weighted by molar-refractivity contribution is -0.139. The van der Waals surface area contributed by atoms with Gasteiger partial charge in [0.25, 0.3) is 5.91 Å². The quantitative estimate of drug-likeness (QED) is 0.800. The number of carbonyl (C=O) groups is 2. The normalized spacial score (nSPS) is 11.9. The van der Waals surface area contributed by atoms with E-state index in [4.69, 9.17) is 0 Å². The summed E-state index contributed by atoms with van der Waals surface area (Å²) in [7, 11) is 1.67. The van der Waals surface area contributed by atoms with Crippen LogP contribution in [0.5, 0.6) is 0 Å². The largest absolute Gasteiger partial charge is 0.480 e. The maximum absolute atomic E-state index is 12.3. The molecule has 122 valence electrons. The Hall–Kier alpha value is -2.70. The molecule has 0 saturated carbocycles. The van der Waals surface area contributed by atoms with Gasteiger partial charge in [-0.2, -0.15) is 5.10 Å². The van der Waals surface area contributed by atoms with Crippen molar-refractivity contribution in [3.63, 3.8) is 0 Å². The molecular formula is C16H20N4O3. The van der Waals surface area contributed by atoms with E-state index in [1.807, 2.05) is 6.92 Å². The Labute approximate surface area is 134 Å². The third kappa shape index (κ3) is 4.38. The number of aromatic nitrogens is 3. The van der Waals surface area contributed by atoms with E-state index in [9.17, 15) is 14.7 Å². The molecule has 2 aromatic heterocycles. The van der Waals surface area contributed by atoms with Crippen molar-refractivity contribution in [2.45, 2.75) is 32.2 Å². The number of nitrogens with zero attached hydrogens (tertiary/aromatic N) is 3. The van der Waals surface area contributed by atoms with Crippen molar-refractivity contribution in [2.24, 2.45) is 7.05 Å². The molecule has 0 radical (unpaired) electrons. The van der Waals surface area contributed by atoms with Crippen LogP contribution < -0.4 is 5.32 Å². The van der Waals surface area contributed by atoms with Crippen LogP contribution >= 0.6 is 0 Å². The lowest BCUT2D eigenvalue weighted by atomic mass is 10.1. The van der Waals surface area contributed by atoms with Crippen molar-refractivity contribution < 1.29 is 14.7 Å². The summed E-state index contributed by atoms with van der Waals surface area (Å²) in [4.78, 5) is 27.6. The Morgan fingerprint density at radius 3 is 2.65 bits per heavy atom. The van der Waals surface area contributed by atoms with E-state index >= 15 is 0 Å². The molecule has 0 fully saturated rings. The highest BCUT2D eigenvalue weighted by atomic mass is 16.4. The summed E-state index contributed by atoms with van der Waals surface area (Å²) < 4.78 is 1.48. The van der Waals surface area contributed by atoms with Gasteiger partial charge in [0.05, 0.1) is 5.69 Å². The van der Waals surface area contributed by atoms with Crippen LogP contribution in [-0.4, -0.2) is 37.8 Å². The van der Waals surface area contributed by atoms with Crippen LogP contribution in [0.2, 0.25) is 0 Å². The second-order valence-electron chi connectivity index (χ2n) is 5.32. The molecule has 7 heteroatoms. The van der Waals surface area contributed by atoms with E-state index in [0.717, 1.165) is 24.1 Å². The standard InChI is InChI=1S/C16H20N4O3/c1-3-4-12-10-14(20(2)19-12)15(21)18-13(16(22)23)9-11-5-7-17-8-6-11/h5-8,10,13H,3-4,9H2,1-2H3,(H,18,21)(H,22,23)/t13-/m0/s1. The van der Waals surface area contributed by atoms with Gasteiger partial charge in [-0.25, -0.2) is 4.79 Å². The number of aliphatic carboxylic acids is 1. The fraction of sp³-hybridized carbons (Fsp3) is 0.375. The van der Waals surface area contributed by atoms with Crippen molar-refractivity contribution >= 4 is 11.9 Å². The molecule has 0 spiro atoms. The number of aryl methyl sites for hydroxylation is 2. The van der Waals surface area contributed by atoms with Crippen molar-refractivity contribution in [1.82, 2.24) is 20.1 Å². The Morgan fingerprint density at radius 2 is 2.04 bits per heavy atom. The molecule has 1 amide bonds. The van der Waals surface area contributed by atoms with Crippen LogP contribution in [0.4, 0.5) is 0 Å². The molecule has 0 aromatic carbocycles. The summed E-state index contributed by atoms with van der Waals surface area (Å²) in [5.74, 6) is -1.52. The third-order valence-corrected chi connectivity index (χ3v) is 3.46. The highest BCUT2D eigenvalue weighted by Gasteiger charge is 2.23. The number of hydrogen-bond acceptors (Lipinski definition) is 4. The van der Waals surface area contributed by atoms with Gasteiger partial charge in [0.2, 0.25) is 0 Å². The first kappa shape index (κ1) is 16.7. The van der Waals surface area contributed by atoms with Crippen LogP contribution in [-0.2, 0) is 24.7 Å². The van der Waals surface area contributed by atoms with E-state index < -0.39 is 17.9 Å². The summed E-state index contributed by atoms with van der Waals surface area (Å²) in [6, 6.07) is 4.15. The topological polar surface area (TPSA) is 97.1 Å². The molecule has 7 nitrogen and oxygen atoms in total. The van der Waals surface area contributed by atoms with Crippen molar-refractivity contribution in [1.29, 1.82) is 0 Å². The number of hydrogen-bond donors (Lipinski definition) is 2. The molecular weight excluding hydrogens is 296 g/mol. The molecule has 0 unspecified atom stereocenters. The van der Waals surface area contributed by atoms with Gasteiger partial charge in [-0.05, 0) is 30.2 Å². The van der Waals surface area contributed by atoms with Gasteiger partial charge in [-0.1, -0.05) is 13.3 Å². The van der Waals surface area contributed by atoms with Gasteiger partial charge < -0.3 is 10.4 Å². The van der Waals surface area contributed by atoms with E-state index in [1.165, 1.54) is 4.68 Å². The van der Waals surface area contributed by atoms with Crippen LogP contribution in [0.1, 0.15) is 35.1 Å². The molecule has 2 N–H and O–H groups in total. The monoisotopic (exact) mass is 316 g/mol. The average molecular weight is 316 g/mol. The minimum Gasteiger partial charge on any atom is -0.480 e. The van der Waals surface area contributed by atoms with Crippen LogP contribution in [0.15, 0.2) is 30.6 Å². The summed E-state index contributed by atoms with van der Waals surface area (Å²) in [6.07, 6.45) is 5.09. The maximum Gasteiger partial charge on any atom is 0.326 e. The van der Waals surface area contributed by atoms with Crippen molar-refractivity contribution in [3.05, 3.63) is 47.5 Å². The second kappa shape index (κ2) is 7.53. The molecule has 0 aliphatic rings. The smallest absolute Gasteiger partial charge is 0.326 e. The molecule has 2 heterocycles. The molecule has 0 aliphatic carbocycles. The number of carbonyl (C=O) groups excluding carboxylic acids is 1. The second-order valence-corrected chi connectivity index (χ2v) is 5.32. The summed E-state index contributed by atoms with van der Waals surface area (Å²) >= 11 is 0. The Balaban J connectivity index is 2.10. The van der Waals surface area contributed by atoms with Crippen molar-refractivity contribution in [2.75, 3.05) is 0 Å². The summed E-state index contributed by atoms with van der Waals surface area (Å²) in [5, 5.41) is 16.2. The van der Waals surface area contributed by atoms with E-state index in [1.54, 1.807) is 37.6 Å². The van der Waals surface area contributed by atoms with Crippen LogP contribution in [0.3, 0.4) is 0 Å². The number of carboxylic acids is 1. The first-order valence-corrected chi connectivity index (χ1v) is 7.46. The Bertz CT molecular complexity index is 682. The van der Waals surface area contributed by atoms with E-state index in [2.05, 4.69) is 15.4 Å². The third-order valence-electron chi connectivity index (χ3n) is 3.46. The first-order valence-electron chi connectivity index (χ1n) is 7.46. The lowest BCUT2D eigenvalue weighted by Gasteiger charge is -2.14. The average Bonchev–Trinajstić information content (AvgIpc) is 2.88.